The number of rotatable bonds is 5. The van der Waals surface area contributed by atoms with Crippen molar-refractivity contribution in [2.45, 2.75) is 20.4 Å². The van der Waals surface area contributed by atoms with Crippen molar-refractivity contribution in [3.63, 3.8) is 0 Å². The topological polar surface area (TPSA) is 46.6 Å². The summed E-state index contributed by atoms with van der Waals surface area (Å²) in [7, 11) is 1.72. The van der Waals surface area contributed by atoms with Crippen LogP contribution in [-0.4, -0.2) is 30.4 Å². The fourth-order valence-corrected chi connectivity index (χ4v) is 3.09. The first-order valence-corrected chi connectivity index (χ1v) is 8.90. The molecule has 0 saturated heterocycles. The van der Waals surface area contributed by atoms with Gasteiger partial charge in [0.1, 0.15) is 0 Å². The van der Waals surface area contributed by atoms with Crippen LogP contribution in [0.2, 0.25) is 0 Å². The molecule has 0 radical (unpaired) electrons. The highest BCUT2D eigenvalue weighted by Crippen LogP contribution is 2.19. The number of hydrogen-bond donors (Lipinski definition) is 0. The van der Waals surface area contributed by atoms with Gasteiger partial charge in [-0.1, -0.05) is 60.2 Å². The van der Waals surface area contributed by atoms with Gasteiger partial charge >= 0.3 is 5.97 Å². The lowest BCUT2D eigenvalue weighted by molar-refractivity contribution is -0.133. The molecular weight excluding hydrogens is 338 g/mol. The van der Waals surface area contributed by atoms with E-state index in [-0.39, 0.29) is 12.5 Å². The van der Waals surface area contributed by atoms with Crippen molar-refractivity contribution in [3.8, 4) is 0 Å². The predicted molar refractivity (Wildman–Crippen MR) is 107 cm³/mol. The maximum atomic E-state index is 12.4. The van der Waals surface area contributed by atoms with Crippen LogP contribution in [0.15, 0.2) is 60.7 Å². The van der Waals surface area contributed by atoms with Crippen LogP contribution < -0.4 is 0 Å². The number of carbonyl (C=O) groups excluding carboxylic acids is 2. The summed E-state index contributed by atoms with van der Waals surface area (Å²) < 4.78 is 5.28. The Balaban J connectivity index is 1.63. The predicted octanol–water partition coefficient (Wildman–Crippen LogP) is 4.27. The molecule has 0 aromatic heterocycles. The SMILES string of the molecule is Cc1ccc(CN(C)C(=O)COC(=O)c2cccc3ccccc23)c(C)c1. The summed E-state index contributed by atoms with van der Waals surface area (Å²) in [6.07, 6.45) is 0. The second-order valence-electron chi connectivity index (χ2n) is 6.78. The molecule has 4 nitrogen and oxygen atoms in total. The number of benzene rings is 3. The molecule has 3 aromatic rings. The summed E-state index contributed by atoms with van der Waals surface area (Å²) in [5, 5.41) is 1.78. The summed E-state index contributed by atoms with van der Waals surface area (Å²) in [5.41, 5.74) is 3.88. The van der Waals surface area contributed by atoms with E-state index in [1.807, 2.05) is 62.4 Å². The maximum Gasteiger partial charge on any atom is 0.339 e. The molecule has 0 saturated carbocycles. The lowest BCUT2D eigenvalue weighted by Crippen LogP contribution is -2.31. The van der Waals surface area contributed by atoms with Crippen molar-refractivity contribution in [2.75, 3.05) is 13.7 Å². The molecule has 27 heavy (non-hydrogen) atoms. The second-order valence-corrected chi connectivity index (χ2v) is 6.78. The quantitative estimate of drug-likeness (QED) is 0.638. The van der Waals surface area contributed by atoms with Crippen LogP contribution in [-0.2, 0) is 16.1 Å². The number of amides is 1. The number of fused-ring (bicyclic) bond motifs is 1. The second kappa shape index (κ2) is 8.04. The fraction of sp³-hybridized carbons (Fsp3) is 0.217. The minimum atomic E-state index is -0.486. The number of aryl methyl sites for hydroxylation is 2. The van der Waals surface area contributed by atoms with Crippen molar-refractivity contribution in [1.82, 2.24) is 4.90 Å². The summed E-state index contributed by atoms with van der Waals surface area (Å²) in [6.45, 7) is 4.28. The summed E-state index contributed by atoms with van der Waals surface area (Å²) >= 11 is 0. The molecule has 0 atom stereocenters. The third kappa shape index (κ3) is 4.34. The number of likely N-dealkylation sites (N-methyl/N-ethyl adjacent to an activating group) is 1. The highest BCUT2D eigenvalue weighted by atomic mass is 16.5. The third-order valence-corrected chi connectivity index (χ3v) is 4.67. The number of ether oxygens (including phenoxy) is 1. The van der Waals surface area contributed by atoms with Gasteiger partial charge in [0.15, 0.2) is 6.61 Å². The Morgan fingerprint density at radius 1 is 0.963 bits per heavy atom. The molecule has 138 valence electrons. The molecule has 3 rings (SSSR count). The molecule has 0 aliphatic heterocycles. The molecule has 0 fully saturated rings. The molecule has 4 heteroatoms. The van der Waals surface area contributed by atoms with E-state index in [2.05, 4.69) is 6.07 Å². The standard InChI is InChI=1S/C23H23NO3/c1-16-11-12-19(17(2)13-16)14-24(3)22(25)15-27-23(26)21-10-6-8-18-7-4-5-9-20(18)21/h4-13H,14-15H2,1-3H3. The van der Waals surface area contributed by atoms with Crippen molar-refractivity contribution in [2.24, 2.45) is 0 Å². The first kappa shape index (κ1) is 18.6. The van der Waals surface area contributed by atoms with Crippen LogP contribution >= 0.6 is 0 Å². The van der Waals surface area contributed by atoms with Crippen molar-refractivity contribution < 1.29 is 14.3 Å². The van der Waals surface area contributed by atoms with Gasteiger partial charge in [0, 0.05) is 13.6 Å². The van der Waals surface area contributed by atoms with E-state index >= 15 is 0 Å². The van der Waals surface area contributed by atoms with Crippen LogP contribution in [0.4, 0.5) is 0 Å². The highest BCUT2D eigenvalue weighted by molar-refractivity contribution is 6.04. The van der Waals surface area contributed by atoms with Crippen LogP contribution in [0.5, 0.6) is 0 Å². The van der Waals surface area contributed by atoms with E-state index in [9.17, 15) is 9.59 Å². The average molecular weight is 361 g/mol. The summed E-state index contributed by atoms with van der Waals surface area (Å²) in [4.78, 5) is 26.4. The third-order valence-electron chi connectivity index (χ3n) is 4.67. The molecule has 0 aliphatic carbocycles. The fourth-order valence-electron chi connectivity index (χ4n) is 3.09. The Hall–Kier alpha value is -3.14. The molecule has 0 aliphatic rings. The van der Waals surface area contributed by atoms with E-state index in [1.165, 1.54) is 5.56 Å². The van der Waals surface area contributed by atoms with Gasteiger partial charge in [-0.25, -0.2) is 4.79 Å². The van der Waals surface area contributed by atoms with E-state index in [0.717, 1.165) is 21.9 Å². The van der Waals surface area contributed by atoms with Crippen LogP contribution in [0, 0.1) is 13.8 Å². The van der Waals surface area contributed by atoms with Gasteiger partial charge in [-0.15, -0.1) is 0 Å². The lowest BCUT2D eigenvalue weighted by atomic mass is 10.0. The van der Waals surface area contributed by atoms with Gasteiger partial charge in [-0.2, -0.15) is 0 Å². The molecule has 0 bridgehead atoms. The Labute approximate surface area is 159 Å². The smallest absolute Gasteiger partial charge is 0.339 e. The molecule has 0 heterocycles. The molecule has 0 N–H and O–H groups in total. The first-order chi connectivity index (χ1) is 13.0. The molecule has 0 unspecified atom stereocenters. The van der Waals surface area contributed by atoms with Crippen molar-refractivity contribution >= 4 is 22.6 Å². The largest absolute Gasteiger partial charge is 0.452 e. The number of carbonyl (C=O) groups is 2. The Bertz CT molecular complexity index is 989. The van der Waals surface area contributed by atoms with E-state index in [4.69, 9.17) is 4.74 Å². The van der Waals surface area contributed by atoms with E-state index in [0.29, 0.717) is 12.1 Å². The normalized spacial score (nSPS) is 10.6. The molecule has 1 amide bonds. The average Bonchev–Trinajstić information content (AvgIpc) is 2.67. The van der Waals surface area contributed by atoms with Crippen LogP contribution in [0.25, 0.3) is 10.8 Å². The summed E-state index contributed by atoms with van der Waals surface area (Å²) in [6, 6.07) is 19.2. The Kier molecular flexibility index (Phi) is 5.55. The summed E-state index contributed by atoms with van der Waals surface area (Å²) in [5.74, 6) is -0.719. The monoisotopic (exact) mass is 361 g/mol. The highest BCUT2D eigenvalue weighted by Gasteiger charge is 2.16. The Morgan fingerprint density at radius 3 is 2.48 bits per heavy atom. The van der Waals surface area contributed by atoms with Crippen LogP contribution in [0.1, 0.15) is 27.0 Å². The number of esters is 1. The molecule has 0 spiro atoms. The molecule has 3 aromatic carbocycles. The minimum Gasteiger partial charge on any atom is -0.452 e. The van der Waals surface area contributed by atoms with Crippen LogP contribution in [0.3, 0.4) is 0 Å². The maximum absolute atomic E-state index is 12.4. The van der Waals surface area contributed by atoms with Gasteiger partial charge in [-0.3, -0.25) is 4.79 Å². The van der Waals surface area contributed by atoms with Gasteiger partial charge in [0.25, 0.3) is 5.91 Å². The lowest BCUT2D eigenvalue weighted by Gasteiger charge is -2.19. The van der Waals surface area contributed by atoms with Crippen molar-refractivity contribution in [1.29, 1.82) is 0 Å². The Morgan fingerprint density at radius 2 is 1.70 bits per heavy atom. The zero-order valence-electron chi connectivity index (χ0n) is 15.9. The number of nitrogens with zero attached hydrogens (tertiary/aromatic N) is 1. The van der Waals surface area contributed by atoms with Gasteiger partial charge < -0.3 is 9.64 Å². The zero-order chi connectivity index (χ0) is 19.4. The van der Waals surface area contributed by atoms with E-state index in [1.54, 1.807) is 18.0 Å². The first-order valence-electron chi connectivity index (χ1n) is 8.90. The van der Waals surface area contributed by atoms with Gasteiger partial charge in [0.05, 0.1) is 5.56 Å². The van der Waals surface area contributed by atoms with Gasteiger partial charge in [-0.05, 0) is 41.8 Å². The van der Waals surface area contributed by atoms with Gasteiger partial charge in [0.2, 0.25) is 0 Å². The number of hydrogen-bond acceptors (Lipinski definition) is 3. The van der Waals surface area contributed by atoms with E-state index < -0.39 is 5.97 Å². The zero-order valence-corrected chi connectivity index (χ0v) is 15.9. The molecular formula is C23H23NO3. The minimum absolute atomic E-state index is 0.233. The van der Waals surface area contributed by atoms with Crippen molar-refractivity contribution in [3.05, 3.63) is 82.9 Å².